The predicted molar refractivity (Wildman–Crippen MR) is 60.7 cm³/mol. The fraction of sp³-hybridized carbons (Fsp3) is 0.333. The van der Waals surface area contributed by atoms with E-state index in [2.05, 4.69) is 0 Å². The molecule has 1 rings (SSSR count). The van der Waals surface area contributed by atoms with E-state index < -0.39 is 11.9 Å². The molecule has 0 saturated heterocycles. The lowest BCUT2D eigenvalue weighted by molar-refractivity contribution is 0.0693. The molecular formula is C12H14O5. The molecule has 0 fully saturated rings. The Balaban J connectivity index is 3.48. The van der Waals surface area contributed by atoms with Gasteiger partial charge in [0.05, 0.1) is 5.56 Å². The van der Waals surface area contributed by atoms with E-state index in [9.17, 15) is 14.7 Å². The van der Waals surface area contributed by atoms with E-state index >= 15 is 0 Å². The van der Waals surface area contributed by atoms with Crippen molar-refractivity contribution in [2.45, 2.75) is 26.2 Å². The standard InChI is InChI=1S/C12H14O5/c1-3-6(2)8-4-7(11(14)15)5-9(10(8)13)12(16)17/h4-6,13H,3H2,1-2H3,(H,14,15)(H,16,17)/t6-/m0/s1. The quantitative estimate of drug-likeness (QED) is 0.748. The molecule has 1 aromatic rings. The van der Waals surface area contributed by atoms with E-state index in [1.165, 1.54) is 6.07 Å². The second-order valence-electron chi connectivity index (χ2n) is 3.88. The zero-order valence-electron chi connectivity index (χ0n) is 9.60. The Labute approximate surface area is 98.3 Å². The van der Waals surface area contributed by atoms with Crippen molar-refractivity contribution in [3.63, 3.8) is 0 Å². The first-order chi connectivity index (χ1) is 7.88. The zero-order valence-corrected chi connectivity index (χ0v) is 9.60. The number of aromatic carboxylic acids is 2. The smallest absolute Gasteiger partial charge is 0.339 e. The number of carboxylic acids is 2. The van der Waals surface area contributed by atoms with Gasteiger partial charge in [0.2, 0.25) is 0 Å². The van der Waals surface area contributed by atoms with Gasteiger partial charge in [0.1, 0.15) is 11.3 Å². The summed E-state index contributed by atoms with van der Waals surface area (Å²) in [5.74, 6) is -3.00. The van der Waals surface area contributed by atoms with Crippen molar-refractivity contribution in [2.24, 2.45) is 0 Å². The summed E-state index contributed by atoms with van der Waals surface area (Å²) < 4.78 is 0. The molecule has 0 spiro atoms. The summed E-state index contributed by atoms with van der Waals surface area (Å²) in [6, 6.07) is 2.28. The molecule has 0 unspecified atom stereocenters. The number of phenols is 1. The van der Waals surface area contributed by atoms with Crippen LogP contribution in [-0.2, 0) is 0 Å². The van der Waals surface area contributed by atoms with Crippen LogP contribution in [0.1, 0.15) is 52.5 Å². The molecule has 0 aromatic heterocycles. The Morgan fingerprint density at radius 2 is 1.82 bits per heavy atom. The van der Waals surface area contributed by atoms with Gasteiger partial charge in [-0.25, -0.2) is 9.59 Å². The number of rotatable bonds is 4. The van der Waals surface area contributed by atoms with Gasteiger partial charge in [-0.1, -0.05) is 13.8 Å². The summed E-state index contributed by atoms with van der Waals surface area (Å²) in [5, 5.41) is 27.6. The molecule has 0 heterocycles. The van der Waals surface area contributed by atoms with E-state index in [0.717, 1.165) is 6.07 Å². The number of carboxylic acid groups (broad SMARTS) is 2. The van der Waals surface area contributed by atoms with Gasteiger partial charge in [-0.3, -0.25) is 0 Å². The fourth-order valence-electron chi connectivity index (χ4n) is 1.54. The molecule has 0 radical (unpaired) electrons. The molecule has 3 N–H and O–H groups in total. The monoisotopic (exact) mass is 238 g/mol. The maximum Gasteiger partial charge on any atom is 0.339 e. The summed E-state index contributed by atoms with van der Waals surface area (Å²) in [6.45, 7) is 3.67. The summed E-state index contributed by atoms with van der Waals surface area (Å²) in [5.41, 5.74) is -0.152. The second-order valence-corrected chi connectivity index (χ2v) is 3.88. The van der Waals surface area contributed by atoms with Gasteiger partial charge < -0.3 is 15.3 Å². The highest BCUT2D eigenvalue weighted by atomic mass is 16.4. The molecule has 0 amide bonds. The average molecular weight is 238 g/mol. The van der Waals surface area contributed by atoms with Gasteiger partial charge >= 0.3 is 11.9 Å². The molecule has 1 atom stereocenters. The van der Waals surface area contributed by atoms with E-state index in [0.29, 0.717) is 12.0 Å². The molecule has 0 saturated carbocycles. The van der Waals surface area contributed by atoms with Crippen LogP contribution in [0.2, 0.25) is 0 Å². The number of aromatic hydroxyl groups is 1. The normalized spacial score (nSPS) is 12.1. The maximum absolute atomic E-state index is 10.9. The highest BCUT2D eigenvalue weighted by molar-refractivity contribution is 5.96. The molecule has 17 heavy (non-hydrogen) atoms. The number of hydrogen-bond donors (Lipinski definition) is 3. The molecule has 92 valence electrons. The SMILES string of the molecule is CC[C@H](C)c1cc(C(=O)O)cc(C(=O)O)c1O. The summed E-state index contributed by atoms with van der Waals surface area (Å²) >= 11 is 0. The lowest BCUT2D eigenvalue weighted by Crippen LogP contribution is -2.06. The average Bonchev–Trinajstić information content (AvgIpc) is 2.27. The summed E-state index contributed by atoms with van der Waals surface area (Å²) in [4.78, 5) is 21.8. The third-order valence-corrected chi connectivity index (χ3v) is 2.76. The van der Waals surface area contributed by atoms with Crippen LogP contribution in [0.4, 0.5) is 0 Å². The Hall–Kier alpha value is -2.04. The van der Waals surface area contributed by atoms with Gasteiger partial charge in [0.15, 0.2) is 0 Å². The van der Waals surface area contributed by atoms with Crippen molar-refractivity contribution in [3.05, 3.63) is 28.8 Å². The van der Waals surface area contributed by atoms with Gasteiger partial charge in [-0.05, 0) is 30.0 Å². The zero-order chi connectivity index (χ0) is 13.2. The summed E-state index contributed by atoms with van der Waals surface area (Å²) in [7, 11) is 0. The second kappa shape index (κ2) is 4.86. The Bertz CT molecular complexity index is 464. The lowest BCUT2D eigenvalue weighted by atomic mass is 9.93. The first kappa shape index (κ1) is 13.0. The van der Waals surface area contributed by atoms with Gasteiger partial charge in [-0.2, -0.15) is 0 Å². The Morgan fingerprint density at radius 3 is 2.24 bits per heavy atom. The molecular weight excluding hydrogens is 224 g/mol. The number of carbonyl (C=O) groups is 2. The van der Waals surface area contributed by atoms with Gasteiger partial charge in [0.25, 0.3) is 0 Å². The van der Waals surface area contributed by atoms with E-state index in [1.807, 2.05) is 6.92 Å². The number of hydrogen-bond acceptors (Lipinski definition) is 3. The van der Waals surface area contributed by atoms with Crippen molar-refractivity contribution >= 4 is 11.9 Å². The van der Waals surface area contributed by atoms with E-state index in [-0.39, 0.29) is 22.8 Å². The molecule has 0 aliphatic carbocycles. The van der Waals surface area contributed by atoms with Crippen molar-refractivity contribution in [2.75, 3.05) is 0 Å². The minimum absolute atomic E-state index is 0.104. The van der Waals surface area contributed by atoms with Crippen LogP contribution >= 0.6 is 0 Å². The van der Waals surface area contributed by atoms with Crippen molar-refractivity contribution in [1.29, 1.82) is 0 Å². The Kier molecular flexibility index (Phi) is 3.73. The van der Waals surface area contributed by atoms with Crippen LogP contribution in [0.5, 0.6) is 5.75 Å². The van der Waals surface area contributed by atoms with Gasteiger partial charge in [0, 0.05) is 0 Å². The first-order valence-electron chi connectivity index (χ1n) is 5.22. The van der Waals surface area contributed by atoms with Crippen LogP contribution < -0.4 is 0 Å². The fourth-order valence-corrected chi connectivity index (χ4v) is 1.54. The topological polar surface area (TPSA) is 94.8 Å². The first-order valence-corrected chi connectivity index (χ1v) is 5.22. The lowest BCUT2D eigenvalue weighted by Gasteiger charge is -2.14. The third-order valence-electron chi connectivity index (χ3n) is 2.76. The summed E-state index contributed by atoms with van der Waals surface area (Å²) in [6.07, 6.45) is 0.676. The minimum atomic E-state index is -1.34. The highest BCUT2D eigenvalue weighted by Gasteiger charge is 2.20. The van der Waals surface area contributed by atoms with Crippen molar-refractivity contribution < 1.29 is 24.9 Å². The molecule has 5 nitrogen and oxygen atoms in total. The van der Waals surface area contributed by atoms with E-state index in [1.54, 1.807) is 6.92 Å². The van der Waals surface area contributed by atoms with Crippen LogP contribution in [0.25, 0.3) is 0 Å². The molecule has 0 bridgehead atoms. The van der Waals surface area contributed by atoms with Crippen LogP contribution in [0, 0.1) is 0 Å². The third kappa shape index (κ3) is 2.55. The van der Waals surface area contributed by atoms with Crippen LogP contribution in [0.15, 0.2) is 12.1 Å². The Morgan fingerprint density at radius 1 is 1.24 bits per heavy atom. The maximum atomic E-state index is 10.9. The molecule has 0 aliphatic rings. The number of benzene rings is 1. The minimum Gasteiger partial charge on any atom is -0.507 e. The predicted octanol–water partition coefficient (Wildman–Crippen LogP) is 2.30. The largest absolute Gasteiger partial charge is 0.507 e. The molecule has 5 heteroatoms. The van der Waals surface area contributed by atoms with Gasteiger partial charge in [-0.15, -0.1) is 0 Å². The van der Waals surface area contributed by atoms with E-state index in [4.69, 9.17) is 10.2 Å². The van der Waals surface area contributed by atoms with Crippen molar-refractivity contribution in [1.82, 2.24) is 0 Å². The molecule has 1 aromatic carbocycles. The molecule has 0 aliphatic heterocycles. The van der Waals surface area contributed by atoms with Crippen molar-refractivity contribution in [3.8, 4) is 5.75 Å². The van der Waals surface area contributed by atoms with Crippen LogP contribution in [0.3, 0.4) is 0 Å². The van der Waals surface area contributed by atoms with Crippen LogP contribution in [-0.4, -0.2) is 27.3 Å². The highest BCUT2D eigenvalue weighted by Crippen LogP contribution is 2.32.